The number of carbonyl (C=O) groups is 2. The van der Waals surface area contributed by atoms with Crippen LogP contribution in [-0.2, 0) is 9.59 Å². The Morgan fingerprint density at radius 2 is 1.76 bits per heavy atom. The van der Waals surface area contributed by atoms with Gasteiger partial charge >= 0.3 is 5.97 Å². The molecule has 8 atom stereocenters. The molecule has 0 aromatic carbocycles. The van der Waals surface area contributed by atoms with E-state index in [2.05, 4.69) is 13.8 Å². The lowest BCUT2D eigenvalue weighted by atomic mass is 9.44. The molecule has 4 aliphatic rings. The van der Waals surface area contributed by atoms with Gasteiger partial charge < -0.3 is 15.3 Å². The largest absolute Gasteiger partial charge is 0.477 e. The van der Waals surface area contributed by atoms with Gasteiger partial charge in [-0.1, -0.05) is 33.6 Å². The van der Waals surface area contributed by atoms with Crippen molar-refractivity contribution in [3.05, 3.63) is 0 Å². The monoisotopic (exact) mass is 406 g/mol. The van der Waals surface area contributed by atoms with Gasteiger partial charge in [0, 0.05) is 18.8 Å². The SMILES string of the molecule is C[C@H](CC(O)(O)C(=O)O)[C@H]1CC[C@H]2[C@@H]3C(=O)CC4CCCC[C@]4(C)[C@H]3CC[C@]12C. The first-order valence-electron chi connectivity index (χ1n) is 11.7. The van der Waals surface area contributed by atoms with E-state index in [1.165, 1.54) is 25.7 Å². The summed E-state index contributed by atoms with van der Waals surface area (Å²) >= 11 is 0. The molecular weight excluding hydrogens is 368 g/mol. The first-order valence-corrected chi connectivity index (χ1v) is 11.7. The molecular formula is C24H38O5. The molecule has 29 heavy (non-hydrogen) atoms. The molecule has 0 radical (unpaired) electrons. The van der Waals surface area contributed by atoms with Gasteiger partial charge in [-0.15, -0.1) is 0 Å². The van der Waals surface area contributed by atoms with Gasteiger partial charge in [0.1, 0.15) is 5.78 Å². The van der Waals surface area contributed by atoms with Crippen molar-refractivity contribution in [3.63, 3.8) is 0 Å². The molecule has 0 heterocycles. The van der Waals surface area contributed by atoms with E-state index in [0.29, 0.717) is 29.0 Å². The summed E-state index contributed by atoms with van der Waals surface area (Å²) in [7, 11) is 0. The number of hydrogen-bond acceptors (Lipinski definition) is 4. The summed E-state index contributed by atoms with van der Waals surface area (Å²) in [5.41, 5.74) is 0.291. The predicted molar refractivity (Wildman–Crippen MR) is 109 cm³/mol. The van der Waals surface area contributed by atoms with E-state index in [9.17, 15) is 19.8 Å². The van der Waals surface area contributed by atoms with Gasteiger partial charge in [0.25, 0.3) is 5.79 Å². The van der Waals surface area contributed by atoms with Gasteiger partial charge in [0.2, 0.25) is 0 Å². The number of hydrogen-bond donors (Lipinski definition) is 3. The molecule has 5 nitrogen and oxygen atoms in total. The summed E-state index contributed by atoms with van der Waals surface area (Å²) in [5, 5.41) is 28.9. The van der Waals surface area contributed by atoms with Gasteiger partial charge in [-0.25, -0.2) is 4.79 Å². The second-order valence-corrected chi connectivity index (χ2v) is 11.4. The van der Waals surface area contributed by atoms with Crippen molar-refractivity contribution >= 4 is 11.8 Å². The molecule has 164 valence electrons. The van der Waals surface area contributed by atoms with E-state index >= 15 is 0 Å². The number of carboxylic acids is 1. The van der Waals surface area contributed by atoms with E-state index in [1.807, 2.05) is 6.92 Å². The highest BCUT2D eigenvalue weighted by molar-refractivity contribution is 5.83. The molecule has 0 aromatic heterocycles. The van der Waals surface area contributed by atoms with Crippen molar-refractivity contribution in [1.29, 1.82) is 0 Å². The Balaban J connectivity index is 1.58. The van der Waals surface area contributed by atoms with Gasteiger partial charge in [-0.2, -0.15) is 0 Å². The molecule has 4 fully saturated rings. The summed E-state index contributed by atoms with van der Waals surface area (Å²) in [6, 6.07) is 0. The van der Waals surface area contributed by atoms with Crippen LogP contribution in [0.25, 0.3) is 0 Å². The van der Waals surface area contributed by atoms with Crippen LogP contribution in [0, 0.1) is 46.3 Å². The quantitative estimate of drug-likeness (QED) is 0.613. The number of rotatable bonds is 4. The van der Waals surface area contributed by atoms with Crippen LogP contribution >= 0.6 is 0 Å². The second kappa shape index (κ2) is 7.05. The number of ketones is 1. The first-order chi connectivity index (χ1) is 13.5. The zero-order chi connectivity index (χ0) is 21.2. The van der Waals surface area contributed by atoms with Crippen LogP contribution in [0.2, 0.25) is 0 Å². The fourth-order valence-electron chi connectivity index (χ4n) is 8.62. The van der Waals surface area contributed by atoms with Crippen LogP contribution in [0.15, 0.2) is 0 Å². The number of aliphatic hydroxyl groups is 2. The molecule has 4 rings (SSSR count). The maximum atomic E-state index is 13.3. The number of carboxylic acid groups (broad SMARTS) is 1. The van der Waals surface area contributed by atoms with Crippen molar-refractivity contribution in [2.75, 3.05) is 0 Å². The van der Waals surface area contributed by atoms with E-state index in [1.54, 1.807) is 0 Å². The molecule has 0 bridgehead atoms. The number of Topliss-reactive ketones (excluding diaryl/α,β-unsaturated/α-hetero) is 1. The lowest BCUT2D eigenvalue weighted by molar-refractivity contribution is -0.211. The van der Waals surface area contributed by atoms with Gasteiger partial charge in [0.15, 0.2) is 0 Å². The first kappa shape index (κ1) is 21.3. The molecule has 0 spiro atoms. The lowest BCUT2D eigenvalue weighted by Crippen LogP contribution is -2.56. The highest BCUT2D eigenvalue weighted by Crippen LogP contribution is 2.67. The minimum Gasteiger partial charge on any atom is -0.477 e. The standard InChI is InChI=1S/C24H38O5/c1-14(13-24(28,29)21(26)27)16-7-8-17-20-18(9-11-23(16,17)3)22(2)10-5-4-6-15(22)12-19(20)25/h14-18,20,28-29H,4-13H2,1-3H3,(H,26,27)/t14-,15?,16-,17+,18+,20+,22+,23-/m1/s1. The normalized spacial score (nSPS) is 45.8. The van der Waals surface area contributed by atoms with Crippen LogP contribution in [-0.4, -0.2) is 32.9 Å². The molecule has 1 unspecified atom stereocenters. The molecule has 5 heteroatoms. The number of fused-ring (bicyclic) bond motifs is 5. The molecule has 0 aromatic rings. The summed E-state index contributed by atoms with van der Waals surface area (Å²) in [6.45, 7) is 6.70. The highest BCUT2D eigenvalue weighted by Gasteiger charge is 2.62. The van der Waals surface area contributed by atoms with Crippen LogP contribution in [0.4, 0.5) is 0 Å². The third-order valence-electron chi connectivity index (χ3n) is 10.1. The van der Waals surface area contributed by atoms with Gasteiger partial charge in [0.05, 0.1) is 0 Å². The molecule has 0 saturated heterocycles. The Kier molecular flexibility index (Phi) is 5.18. The topological polar surface area (TPSA) is 94.8 Å². The summed E-state index contributed by atoms with van der Waals surface area (Å²) < 4.78 is 0. The Morgan fingerprint density at radius 3 is 2.45 bits per heavy atom. The van der Waals surface area contributed by atoms with Crippen molar-refractivity contribution in [3.8, 4) is 0 Å². The summed E-state index contributed by atoms with van der Waals surface area (Å²) in [6.07, 6.45) is 9.72. The lowest BCUT2D eigenvalue weighted by Gasteiger charge is -2.60. The zero-order valence-electron chi connectivity index (χ0n) is 18.2. The molecule has 0 aliphatic heterocycles. The summed E-state index contributed by atoms with van der Waals surface area (Å²) in [5.74, 6) is -2.08. The molecule has 4 aliphatic carbocycles. The Bertz CT molecular complexity index is 687. The fraction of sp³-hybridized carbons (Fsp3) is 0.917. The third-order valence-corrected chi connectivity index (χ3v) is 10.1. The van der Waals surface area contributed by atoms with E-state index in [0.717, 1.165) is 32.1 Å². The van der Waals surface area contributed by atoms with E-state index in [-0.39, 0.29) is 29.6 Å². The van der Waals surface area contributed by atoms with Gasteiger partial charge in [-0.3, -0.25) is 4.79 Å². The molecule has 4 saturated carbocycles. The Labute approximate surface area is 174 Å². The van der Waals surface area contributed by atoms with Crippen LogP contribution in [0.3, 0.4) is 0 Å². The van der Waals surface area contributed by atoms with Crippen LogP contribution in [0.5, 0.6) is 0 Å². The smallest absolute Gasteiger partial charge is 0.364 e. The fourth-order valence-corrected chi connectivity index (χ4v) is 8.62. The van der Waals surface area contributed by atoms with Crippen LogP contribution in [0.1, 0.15) is 85.0 Å². The predicted octanol–water partition coefficient (Wildman–Crippen LogP) is 4.01. The Hall–Kier alpha value is -0.940. The second-order valence-electron chi connectivity index (χ2n) is 11.4. The van der Waals surface area contributed by atoms with Crippen molar-refractivity contribution < 1.29 is 24.9 Å². The minimum atomic E-state index is -2.67. The Morgan fingerprint density at radius 1 is 1.07 bits per heavy atom. The van der Waals surface area contributed by atoms with Crippen molar-refractivity contribution in [2.45, 2.75) is 90.8 Å². The van der Waals surface area contributed by atoms with Crippen molar-refractivity contribution in [1.82, 2.24) is 0 Å². The van der Waals surface area contributed by atoms with E-state index in [4.69, 9.17) is 5.11 Å². The number of carbonyl (C=O) groups excluding carboxylic acids is 1. The van der Waals surface area contributed by atoms with E-state index < -0.39 is 11.8 Å². The average Bonchev–Trinajstić information content (AvgIpc) is 2.99. The maximum absolute atomic E-state index is 13.3. The maximum Gasteiger partial charge on any atom is 0.364 e. The van der Waals surface area contributed by atoms with Crippen molar-refractivity contribution in [2.24, 2.45) is 46.3 Å². The third kappa shape index (κ3) is 3.18. The molecule has 3 N–H and O–H groups in total. The number of aliphatic carboxylic acids is 1. The highest BCUT2D eigenvalue weighted by atomic mass is 16.5. The summed E-state index contributed by atoms with van der Waals surface area (Å²) in [4.78, 5) is 24.5. The average molecular weight is 407 g/mol. The van der Waals surface area contributed by atoms with Gasteiger partial charge in [-0.05, 0) is 78.9 Å². The zero-order valence-corrected chi connectivity index (χ0v) is 18.2. The van der Waals surface area contributed by atoms with Crippen LogP contribution < -0.4 is 0 Å². The molecule has 0 amide bonds. The minimum absolute atomic E-state index is 0.0112.